The molecule has 0 radical (unpaired) electrons. The number of carbonyl (C=O) groups is 1. The third-order valence-corrected chi connectivity index (χ3v) is 3.46. The number of benzene rings is 1. The lowest BCUT2D eigenvalue weighted by Crippen LogP contribution is -2.33. The fourth-order valence-electron chi connectivity index (χ4n) is 2.25. The third-order valence-electron chi connectivity index (χ3n) is 3.46. The lowest BCUT2D eigenvalue weighted by Gasteiger charge is -2.14. The maximum atomic E-state index is 12.8. The van der Waals surface area contributed by atoms with Gasteiger partial charge in [-0.1, -0.05) is 25.1 Å². The van der Waals surface area contributed by atoms with E-state index >= 15 is 0 Å². The first-order valence-electron chi connectivity index (χ1n) is 7.80. The van der Waals surface area contributed by atoms with Crippen molar-refractivity contribution in [3.63, 3.8) is 0 Å². The van der Waals surface area contributed by atoms with E-state index in [2.05, 4.69) is 20.9 Å². The zero-order chi connectivity index (χ0) is 18.3. The highest BCUT2D eigenvalue weighted by molar-refractivity contribution is 5.90. The van der Waals surface area contributed by atoms with E-state index in [0.29, 0.717) is 5.69 Å². The molecule has 0 aliphatic rings. The van der Waals surface area contributed by atoms with E-state index in [1.807, 2.05) is 25.1 Å². The van der Waals surface area contributed by atoms with Gasteiger partial charge in [-0.25, -0.2) is 9.78 Å². The summed E-state index contributed by atoms with van der Waals surface area (Å²) in [6.45, 7) is 2.24. The number of para-hydroxylation sites is 1. The number of amides is 2. The second-order valence-corrected chi connectivity index (χ2v) is 5.22. The van der Waals surface area contributed by atoms with Crippen molar-refractivity contribution in [1.82, 2.24) is 10.3 Å². The van der Waals surface area contributed by atoms with E-state index in [1.165, 1.54) is 12.3 Å². The summed E-state index contributed by atoms with van der Waals surface area (Å²) >= 11 is 0. The Kier molecular flexibility index (Phi) is 6.21. The van der Waals surface area contributed by atoms with Crippen LogP contribution in [0.15, 0.2) is 42.6 Å². The topological polar surface area (TPSA) is 66.1 Å². The molecule has 0 unspecified atom stereocenters. The number of hydrogen-bond acceptors (Lipinski definition) is 3. The second kappa shape index (κ2) is 8.36. The van der Waals surface area contributed by atoms with Gasteiger partial charge in [0.05, 0.1) is 5.56 Å². The van der Waals surface area contributed by atoms with Crippen molar-refractivity contribution >= 4 is 17.5 Å². The standard InChI is InChI=1S/C17H19F3N4O/c1-2-12-6-3-4-8-14(12)24-16(25)23-11-10-22-15-13(17(18,19)20)7-5-9-21-15/h3-9H,2,10-11H2,1H3,(H,21,22)(H2,23,24,25). The van der Waals surface area contributed by atoms with Crippen LogP contribution in [0.2, 0.25) is 0 Å². The lowest BCUT2D eigenvalue weighted by atomic mass is 10.1. The summed E-state index contributed by atoms with van der Waals surface area (Å²) in [6.07, 6.45) is -2.43. The van der Waals surface area contributed by atoms with Crippen LogP contribution < -0.4 is 16.0 Å². The normalized spacial score (nSPS) is 11.0. The smallest absolute Gasteiger partial charge is 0.368 e. The first-order chi connectivity index (χ1) is 11.9. The number of alkyl halides is 3. The molecule has 134 valence electrons. The number of nitrogens with zero attached hydrogens (tertiary/aromatic N) is 1. The average Bonchev–Trinajstić information content (AvgIpc) is 2.59. The summed E-state index contributed by atoms with van der Waals surface area (Å²) in [7, 11) is 0. The van der Waals surface area contributed by atoms with Crippen molar-refractivity contribution in [2.75, 3.05) is 23.7 Å². The van der Waals surface area contributed by atoms with Gasteiger partial charge in [-0.05, 0) is 30.2 Å². The highest BCUT2D eigenvalue weighted by atomic mass is 19.4. The highest BCUT2D eigenvalue weighted by Gasteiger charge is 2.33. The predicted molar refractivity (Wildman–Crippen MR) is 90.6 cm³/mol. The number of urea groups is 1. The Morgan fingerprint density at radius 2 is 1.88 bits per heavy atom. The van der Waals surface area contributed by atoms with Gasteiger partial charge in [0, 0.05) is 25.0 Å². The van der Waals surface area contributed by atoms with Gasteiger partial charge < -0.3 is 16.0 Å². The molecule has 0 aliphatic carbocycles. The molecule has 8 heteroatoms. The molecule has 0 aliphatic heterocycles. The number of anilines is 2. The van der Waals surface area contributed by atoms with Crippen LogP contribution in [0.4, 0.5) is 29.5 Å². The van der Waals surface area contributed by atoms with Crippen LogP contribution in [0.25, 0.3) is 0 Å². The maximum Gasteiger partial charge on any atom is 0.419 e. The third kappa shape index (κ3) is 5.37. The molecule has 0 saturated carbocycles. The largest absolute Gasteiger partial charge is 0.419 e. The number of hydrogen-bond donors (Lipinski definition) is 3. The van der Waals surface area contributed by atoms with E-state index in [0.717, 1.165) is 18.1 Å². The Morgan fingerprint density at radius 3 is 2.60 bits per heavy atom. The van der Waals surface area contributed by atoms with Crippen LogP contribution >= 0.6 is 0 Å². The number of pyridine rings is 1. The van der Waals surface area contributed by atoms with Crippen molar-refractivity contribution in [2.24, 2.45) is 0 Å². The van der Waals surface area contributed by atoms with Crippen LogP contribution in [0, 0.1) is 0 Å². The fourth-order valence-corrected chi connectivity index (χ4v) is 2.25. The molecule has 5 nitrogen and oxygen atoms in total. The Balaban J connectivity index is 1.83. The molecule has 2 rings (SSSR count). The summed E-state index contributed by atoms with van der Waals surface area (Å²) < 4.78 is 38.5. The molecule has 0 bridgehead atoms. The summed E-state index contributed by atoms with van der Waals surface area (Å²) in [5, 5.41) is 7.90. The van der Waals surface area contributed by atoms with Gasteiger partial charge in [0.2, 0.25) is 0 Å². The minimum Gasteiger partial charge on any atom is -0.368 e. The van der Waals surface area contributed by atoms with E-state index < -0.39 is 17.8 Å². The van der Waals surface area contributed by atoms with E-state index in [-0.39, 0.29) is 18.9 Å². The first-order valence-corrected chi connectivity index (χ1v) is 7.80. The number of rotatable bonds is 6. The Hall–Kier alpha value is -2.77. The van der Waals surface area contributed by atoms with Crippen LogP contribution in [-0.4, -0.2) is 24.1 Å². The average molecular weight is 352 g/mol. The molecule has 1 aromatic carbocycles. The van der Waals surface area contributed by atoms with Crippen LogP contribution in [-0.2, 0) is 12.6 Å². The molecule has 0 fully saturated rings. The first kappa shape index (κ1) is 18.6. The van der Waals surface area contributed by atoms with Crippen molar-refractivity contribution in [3.05, 3.63) is 53.7 Å². The van der Waals surface area contributed by atoms with Crippen molar-refractivity contribution in [3.8, 4) is 0 Å². The van der Waals surface area contributed by atoms with Gasteiger partial charge in [-0.15, -0.1) is 0 Å². The zero-order valence-corrected chi connectivity index (χ0v) is 13.7. The molecule has 0 atom stereocenters. The minimum atomic E-state index is -4.48. The van der Waals surface area contributed by atoms with Crippen molar-refractivity contribution in [2.45, 2.75) is 19.5 Å². The summed E-state index contributed by atoms with van der Waals surface area (Å²) in [4.78, 5) is 15.6. The lowest BCUT2D eigenvalue weighted by molar-refractivity contribution is -0.137. The second-order valence-electron chi connectivity index (χ2n) is 5.22. The molecule has 1 heterocycles. The number of aromatic nitrogens is 1. The quantitative estimate of drug-likeness (QED) is 0.691. The molecular formula is C17H19F3N4O. The van der Waals surface area contributed by atoms with Crippen LogP contribution in [0.1, 0.15) is 18.1 Å². The summed E-state index contributed by atoms with van der Waals surface area (Å²) in [6, 6.07) is 9.17. The number of aryl methyl sites for hydroxylation is 1. The SMILES string of the molecule is CCc1ccccc1NC(=O)NCCNc1ncccc1C(F)(F)F. The van der Waals surface area contributed by atoms with Gasteiger partial charge >= 0.3 is 12.2 Å². The zero-order valence-electron chi connectivity index (χ0n) is 13.7. The maximum absolute atomic E-state index is 12.8. The highest BCUT2D eigenvalue weighted by Crippen LogP contribution is 2.33. The van der Waals surface area contributed by atoms with Gasteiger partial charge in [0.15, 0.2) is 0 Å². The Morgan fingerprint density at radius 1 is 1.12 bits per heavy atom. The Labute approximate surface area is 143 Å². The Bertz CT molecular complexity index is 719. The molecule has 25 heavy (non-hydrogen) atoms. The number of halogens is 3. The van der Waals surface area contributed by atoms with Gasteiger partial charge in [0.25, 0.3) is 0 Å². The van der Waals surface area contributed by atoms with Gasteiger partial charge in [0.1, 0.15) is 5.82 Å². The van der Waals surface area contributed by atoms with Crippen LogP contribution in [0.3, 0.4) is 0 Å². The van der Waals surface area contributed by atoms with Crippen LogP contribution in [0.5, 0.6) is 0 Å². The predicted octanol–water partition coefficient (Wildman–Crippen LogP) is 3.90. The van der Waals surface area contributed by atoms with E-state index in [4.69, 9.17) is 0 Å². The van der Waals surface area contributed by atoms with Crippen molar-refractivity contribution < 1.29 is 18.0 Å². The summed E-state index contributed by atoms with van der Waals surface area (Å²) in [5.74, 6) is -0.256. The van der Waals surface area contributed by atoms with E-state index in [1.54, 1.807) is 6.07 Å². The molecule has 3 N–H and O–H groups in total. The molecule has 0 saturated heterocycles. The molecule has 0 spiro atoms. The monoisotopic (exact) mass is 352 g/mol. The van der Waals surface area contributed by atoms with E-state index in [9.17, 15) is 18.0 Å². The number of carbonyl (C=O) groups excluding carboxylic acids is 1. The summed E-state index contributed by atoms with van der Waals surface area (Å²) in [5.41, 5.74) is 0.870. The molecule has 1 aromatic heterocycles. The van der Waals surface area contributed by atoms with Gasteiger partial charge in [-0.3, -0.25) is 0 Å². The number of nitrogens with one attached hydrogen (secondary N) is 3. The minimum absolute atomic E-state index is 0.114. The fraction of sp³-hybridized carbons (Fsp3) is 0.294. The molecule has 2 amide bonds. The van der Waals surface area contributed by atoms with Crippen molar-refractivity contribution in [1.29, 1.82) is 0 Å². The molecular weight excluding hydrogens is 333 g/mol. The van der Waals surface area contributed by atoms with Gasteiger partial charge in [-0.2, -0.15) is 13.2 Å². The molecule has 2 aromatic rings.